The van der Waals surface area contributed by atoms with Crippen molar-refractivity contribution in [3.05, 3.63) is 89.7 Å². The molecule has 3 aromatic rings. The minimum Gasteiger partial charge on any atom is -0.492 e. The van der Waals surface area contributed by atoms with Gasteiger partial charge in [0.05, 0.1) is 13.0 Å². The number of hydrogen-bond donors (Lipinski definition) is 2. The van der Waals surface area contributed by atoms with E-state index in [2.05, 4.69) is 10.6 Å². The lowest BCUT2D eigenvalue weighted by Crippen LogP contribution is -2.35. The lowest BCUT2D eigenvalue weighted by atomic mass is 10.1. The lowest BCUT2D eigenvalue weighted by molar-refractivity contribution is -0.121. The molecule has 0 fully saturated rings. The summed E-state index contributed by atoms with van der Waals surface area (Å²) in [6.07, 6.45) is 0.195. The van der Waals surface area contributed by atoms with E-state index in [-0.39, 0.29) is 43.5 Å². The lowest BCUT2D eigenvalue weighted by Gasteiger charge is -2.12. The Kier molecular flexibility index (Phi) is 7.76. The first-order valence-corrected chi connectivity index (χ1v) is 10.1. The van der Waals surface area contributed by atoms with Crippen LogP contribution in [0.4, 0.5) is 4.39 Å². The van der Waals surface area contributed by atoms with Crippen LogP contribution in [-0.4, -0.2) is 31.5 Å². The molecule has 0 radical (unpaired) electrons. The van der Waals surface area contributed by atoms with Crippen molar-refractivity contribution in [2.24, 2.45) is 0 Å². The number of aryl methyl sites for hydroxylation is 1. The minimum atomic E-state index is -0.421. The molecule has 2 amide bonds. The van der Waals surface area contributed by atoms with E-state index in [1.165, 1.54) is 6.07 Å². The molecule has 0 aliphatic rings. The Labute approximate surface area is 181 Å². The summed E-state index contributed by atoms with van der Waals surface area (Å²) in [4.78, 5) is 24.1. The maximum Gasteiger partial charge on any atom is 0.251 e. The highest BCUT2D eigenvalue weighted by atomic mass is 19.1. The van der Waals surface area contributed by atoms with Crippen LogP contribution in [-0.2, 0) is 4.79 Å². The van der Waals surface area contributed by atoms with Crippen molar-refractivity contribution in [1.82, 2.24) is 10.6 Å². The van der Waals surface area contributed by atoms with Gasteiger partial charge in [0.2, 0.25) is 5.91 Å². The molecule has 0 aliphatic carbocycles. The number of carbonyl (C=O) groups excluding carboxylic acids is 2. The Morgan fingerprint density at radius 3 is 2.39 bits per heavy atom. The summed E-state index contributed by atoms with van der Waals surface area (Å²) in [5.41, 5.74) is 2.75. The summed E-state index contributed by atoms with van der Waals surface area (Å²) in [5.74, 6) is -0.254. The summed E-state index contributed by atoms with van der Waals surface area (Å²) < 4.78 is 19.4. The molecule has 3 aromatic carbocycles. The SMILES string of the molecule is Cc1ccc(C(=O)NCCNC(=O)CCOc2ccccc2-c2ccccc2)cc1F. The molecule has 0 bridgehead atoms. The van der Waals surface area contributed by atoms with Gasteiger partial charge in [-0.15, -0.1) is 0 Å². The predicted octanol–water partition coefficient (Wildman–Crippen LogP) is 4.12. The summed E-state index contributed by atoms with van der Waals surface area (Å²) in [7, 11) is 0. The predicted molar refractivity (Wildman–Crippen MR) is 118 cm³/mol. The Morgan fingerprint density at radius 1 is 0.903 bits per heavy atom. The first kappa shape index (κ1) is 22.0. The van der Waals surface area contributed by atoms with E-state index in [0.29, 0.717) is 5.56 Å². The van der Waals surface area contributed by atoms with Gasteiger partial charge < -0.3 is 15.4 Å². The van der Waals surface area contributed by atoms with Crippen molar-refractivity contribution in [3.63, 3.8) is 0 Å². The van der Waals surface area contributed by atoms with Crippen molar-refractivity contribution >= 4 is 11.8 Å². The van der Waals surface area contributed by atoms with Crippen molar-refractivity contribution in [3.8, 4) is 16.9 Å². The van der Waals surface area contributed by atoms with Gasteiger partial charge in [-0.05, 0) is 36.2 Å². The molecule has 160 valence electrons. The van der Waals surface area contributed by atoms with Gasteiger partial charge in [-0.2, -0.15) is 0 Å². The van der Waals surface area contributed by atoms with Crippen LogP contribution in [0, 0.1) is 12.7 Å². The van der Waals surface area contributed by atoms with E-state index in [1.807, 2.05) is 54.6 Å². The number of rotatable bonds is 9. The molecule has 0 aromatic heterocycles. The van der Waals surface area contributed by atoms with Crippen molar-refractivity contribution in [2.45, 2.75) is 13.3 Å². The molecular weight excluding hydrogens is 395 g/mol. The Bertz CT molecular complexity index is 1040. The topological polar surface area (TPSA) is 67.4 Å². The molecule has 31 heavy (non-hydrogen) atoms. The summed E-state index contributed by atoms with van der Waals surface area (Å²) in [6.45, 7) is 2.40. The molecular formula is C25H25FN2O3. The Morgan fingerprint density at radius 2 is 1.61 bits per heavy atom. The van der Waals surface area contributed by atoms with Gasteiger partial charge in [-0.25, -0.2) is 4.39 Å². The van der Waals surface area contributed by atoms with Crippen molar-refractivity contribution in [2.75, 3.05) is 19.7 Å². The maximum absolute atomic E-state index is 13.5. The zero-order chi connectivity index (χ0) is 22.1. The standard InChI is InChI=1S/C25H25FN2O3/c1-18-11-12-20(17-22(18)26)25(30)28-15-14-27-24(29)13-16-31-23-10-6-5-9-21(23)19-7-3-2-4-8-19/h2-12,17H,13-16H2,1H3,(H,27,29)(H,28,30). The van der Waals surface area contributed by atoms with Crippen LogP contribution in [0.25, 0.3) is 11.1 Å². The van der Waals surface area contributed by atoms with Gasteiger partial charge in [-0.3, -0.25) is 9.59 Å². The van der Waals surface area contributed by atoms with Crippen LogP contribution in [0.2, 0.25) is 0 Å². The molecule has 0 unspecified atom stereocenters. The summed E-state index contributed by atoms with van der Waals surface area (Å²) in [6, 6.07) is 21.9. The number of nitrogens with one attached hydrogen (secondary N) is 2. The van der Waals surface area contributed by atoms with Crippen molar-refractivity contribution < 1.29 is 18.7 Å². The van der Waals surface area contributed by atoms with Gasteiger partial charge in [0.25, 0.3) is 5.91 Å². The van der Waals surface area contributed by atoms with E-state index in [0.717, 1.165) is 16.9 Å². The Balaban J connectivity index is 1.39. The summed E-state index contributed by atoms with van der Waals surface area (Å²) >= 11 is 0. The quantitative estimate of drug-likeness (QED) is 0.512. The number of para-hydroxylation sites is 1. The van der Waals surface area contributed by atoms with Crippen molar-refractivity contribution in [1.29, 1.82) is 0 Å². The average molecular weight is 420 g/mol. The number of ether oxygens (including phenoxy) is 1. The molecule has 3 rings (SSSR count). The highest BCUT2D eigenvalue weighted by Crippen LogP contribution is 2.29. The monoisotopic (exact) mass is 420 g/mol. The van der Waals surface area contributed by atoms with Crippen LogP contribution in [0.5, 0.6) is 5.75 Å². The normalized spacial score (nSPS) is 10.4. The fraction of sp³-hybridized carbons (Fsp3) is 0.200. The number of amides is 2. The zero-order valence-corrected chi connectivity index (χ0v) is 17.4. The third-order valence-electron chi connectivity index (χ3n) is 4.73. The zero-order valence-electron chi connectivity index (χ0n) is 17.4. The molecule has 5 nitrogen and oxygen atoms in total. The van der Waals surface area contributed by atoms with Gasteiger partial charge >= 0.3 is 0 Å². The summed E-state index contributed by atoms with van der Waals surface area (Å²) in [5, 5.41) is 5.39. The Hall–Kier alpha value is -3.67. The van der Waals surface area contributed by atoms with Crippen LogP contribution in [0.15, 0.2) is 72.8 Å². The highest BCUT2D eigenvalue weighted by Gasteiger charge is 2.09. The third kappa shape index (κ3) is 6.40. The first-order chi connectivity index (χ1) is 15.0. The smallest absolute Gasteiger partial charge is 0.251 e. The first-order valence-electron chi connectivity index (χ1n) is 10.1. The van der Waals surface area contributed by atoms with Crippen LogP contribution >= 0.6 is 0 Å². The number of carbonyl (C=O) groups is 2. The minimum absolute atomic E-state index is 0.173. The molecule has 0 spiro atoms. The molecule has 6 heteroatoms. The molecule has 2 N–H and O–H groups in total. The second-order valence-electron chi connectivity index (χ2n) is 7.03. The number of benzene rings is 3. The second-order valence-corrected chi connectivity index (χ2v) is 7.03. The van der Waals surface area contributed by atoms with E-state index in [1.54, 1.807) is 19.1 Å². The number of hydrogen-bond acceptors (Lipinski definition) is 3. The fourth-order valence-corrected chi connectivity index (χ4v) is 3.00. The maximum atomic E-state index is 13.5. The number of halogens is 1. The van der Waals surface area contributed by atoms with Gasteiger partial charge in [-0.1, -0.05) is 54.6 Å². The highest BCUT2D eigenvalue weighted by molar-refractivity contribution is 5.94. The van der Waals surface area contributed by atoms with Crippen LogP contribution in [0.1, 0.15) is 22.3 Å². The molecule has 0 atom stereocenters. The van der Waals surface area contributed by atoms with Crippen LogP contribution < -0.4 is 15.4 Å². The van der Waals surface area contributed by atoms with Gasteiger partial charge in [0.15, 0.2) is 0 Å². The van der Waals surface area contributed by atoms with E-state index < -0.39 is 5.82 Å². The molecule has 0 aliphatic heterocycles. The molecule has 0 heterocycles. The average Bonchev–Trinajstić information content (AvgIpc) is 2.79. The van der Waals surface area contributed by atoms with E-state index in [4.69, 9.17) is 4.74 Å². The van der Waals surface area contributed by atoms with Crippen LogP contribution in [0.3, 0.4) is 0 Å². The van der Waals surface area contributed by atoms with Gasteiger partial charge in [0.1, 0.15) is 11.6 Å². The second kappa shape index (κ2) is 10.9. The largest absolute Gasteiger partial charge is 0.492 e. The third-order valence-corrected chi connectivity index (χ3v) is 4.73. The molecule has 0 saturated carbocycles. The van der Waals surface area contributed by atoms with Gasteiger partial charge in [0, 0.05) is 24.2 Å². The van der Waals surface area contributed by atoms with E-state index >= 15 is 0 Å². The van der Waals surface area contributed by atoms with E-state index in [9.17, 15) is 14.0 Å². The fourth-order valence-electron chi connectivity index (χ4n) is 3.00. The molecule has 0 saturated heterocycles.